The summed E-state index contributed by atoms with van der Waals surface area (Å²) in [6.07, 6.45) is 2.31. The second kappa shape index (κ2) is 9.67. The summed E-state index contributed by atoms with van der Waals surface area (Å²) in [6.45, 7) is 4.70. The monoisotopic (exact) mass is 480 g/mol. The van der Waals surface area contributed by atoms with Gasteiger partial charge in [-0.3, -0.25) is 9.69 Å². The maximum absolute atomic E-state index is 11.5. The molecule has 2 aromatic carbocycles. The second-order valence-corrected chi connectivity index (χ2v) is 7.70. The van der Waals surface area contributed by atoms with Crippen molar-refractivity contribution < 1.29 is 4.79 Å². The molecule has 0 aliphatic carbocycles. The van der Waals surface area contributed by atoms with Gasteiger partial charge in [-0.25, -0.2) is 0 Å². The van der Waals surface area contributed by atoms with Crippen LogP contribution in [0.5, 0.6) is 0 Å². The van der Waals surface area contributed by atoms with Crippen LogP contribution >= 0.6 is 32.9 Å². The molecule has 1 aliphatic rings. The number of halogens is 2. The van der Waals surface area contributed by atoms with Gasteiger partial charge in [0.2, 0.25) is 0 Å². The third-order valence-electron chi connectivity index (χ3n) is 5.06. The Bertz CT molecular complexity index is 728. The number of anilines is 1. The molecule has 0 amide bonds. The highest BCUT2D eigenvalue weighted by atomic mass is 79.9. The number of carbonyl (C=O) groups is 1. The fraction of sp³-hybridized carbons (Fsp3) is 0.381. The number of hydrogen-bond donors (Lipinski definition) is 0. The van der Waals surface area contributed by atoms with E-state index in [1.807, 2.05) is 12.1 Å². The zero-order chi connectivity index (χ0) is 17.8. The average molecular weight is 482 g/mol. The quantitative estimate of drug-likeness (QED) is 0.539. The van der Waals surface area contributed by atoms with Crippen molar-refractivity contribution in [1.29, 1.82) is 0 Å². The van der Waals surface area contributed by atoms with E-state index in [1.165, 1.54) is 11.3 Å². The van der Waals surface area contributed by atoms with Gasteiger partial charge >= 0.3 is 0 Å². The minimum absolute atomic E-state index is 0. The van der Waals surface area contributed by atoms with Gasteiger partial charge in [-0.15, -0.1) is 17.0 Å². The van der Waals surface area contributed by atoms with Crippen LogP contribution in [0.4, 0.5) is 5.69 Å². The van der Waals surface area contributed by atoms with Crippen LogP contribution in [-0.2, 0) is 6.54 Å². The van der Waals surface area contributed by atoms with Gasteiger partial charge in [-0.05, 0) is 66.5 Å². The Kier molecular flexibility index (Phi) is 7.86. The van der Waals surface area contributed by atoms with Gasteiger partial charge in [0.15, 0.2) is 5.78 Å². The van der Waals surface area contributed by atoms with Crippen LogP contribution in [0.2, 0.25) is 0 Å². The Hall–Kier alpha value is -1.17. The summed E-state index contributed by atoms with van der Waals surface area (Å²) in [5.41, 5.74) is 3.32. The summed E-state index contributed by atoms with van der Waals surface area (Å²) in [7, 11) is 2.23. The van der Waals surface area contributed by atoms with Crippen molar-refractivity contribution in [3.8, 4) is 0 Å². The number of ketones is 1. The molecule has 0 bridgehead atoms. The predicted octanol–water partition coefficient (Wildman–Crippen LogP) is 5.33. The average Bonchev–Trinajstić information content (AvgIpc) is 2.62. The first kappa shape index (κ1) is 21.1. The van der Waals surface area contributed by atoms with E-state index in [4.69, 9.17) is 0 Å². The van der Waals surface area contributed by atoms with Crippen LogP contribution in [-0.4, -0.2) is 36.9 Å². The molecular weight excluding hydrogens is 456 g/mol. The molecule has 26 heavy (non-hydrogen) atoms. The Labute approximate surface area is 175 Å². The molecule has 1 heterocycles. The first-order valence-electron chi connectivity index (χ1n) is 8.84. The van der Waals surface area contributed by atoms with Gasteiger partial charge in [0.05, 0.1) is 5.69 Å². The zero-order valence-electron chi connectivity index (χ0n) is 15.3. The number of piperidine rings is 1. The van der Waals surface area contributed by atoms with Crippen LogP contribution in [0.25, 0.3) is 0 Å². The molecule has 0 N–H and O–H groups in total. The topological polar surface area (TPSA) is 23.6 Å². The summed E-state index contributed by atoms with van der Waals surface area (Å²) in [5.74, 6) is 0.105. The van der Waals surface area contributed by atoms with Gasteiger partial charge in [-0.1, -0.05) is 30.3 Å². The first-order valence-corrected chi connectivity index (χ1v) is 9.63. The van der Waals surface area contributed by atoms with Crippen molar-refractivity contribution in [2.45, 2.75) is 32.4 Å². The van der Waals surface area contributed by atoms with E-state index in [0.29, 0.717) is 6.04 Å². The standard InChI is InChI=1S/C21H25BrN2O.BrH/c1-16(25)18-8-9-21(20(22)14-18)24-12-10-19(11-13-24)23(2)15-17-6-4-3-5-7-17;/h3-9,14,19H,10-13,15H2,1-2H3;1H. The van der Waals surface area contributed by atoms with Crippen molar-refractivity contribution in [2.24, 2.45) is 0 Å². The Morgan fingerprint density at radius 1 is 1.15 bits per heavy atom. The third kappa shape index (κ3) is 5.18. The molecule has 1 aliphatic heterocycles. The summed E-state index contributed by atoms with van der Waals surface area (Å²) in [4.78, 5) is 16.4. The van der Waals surface area contributed by atoms with E-state index in [-0.39, 0.29) is 22.8 Å². The maximum Gasteiger partial charge on any atom is 0.159 e. The minimum atomic E-state index is 0. The number of carbonyl (C=O) groups excluding carboxylic acids is 1. The highest BCUT2D eigenvalue weighted by Gasteiger charge is 2.23. The first-order chi connectivity index (χ1) is 12.0. The normalized spacial score (nSPS) is 15.0. The summed E-state index contributed by atoms with van der Waals surface area (Å²) < 4.78 is 1.01. The Morgan fingerprint density at radius 2 is 1.81 bits per heavy atom. The molecule has 0 atom stereocenters. The fourth-order valence-corrected chi connectivity index (χ4v) is 4.16. The van der Waals surface area contributed by atoms with E-state index < -0.39 is 0 Å². The Balaban J connectivity index is 0.00000243. The van der Waals surface area contributed by atoms with Gasteiger partial charge in [0.25, 0.3) is 0 Å². The molecule has 0 spiro atoms. The molecule has 0 radical (unpaired) electrons. The molecule has 3 nitrogen and oxygen atoms in total. The molecule has 5 heteroatoms. The lowest BCUT2D eigenvalue weighted by molar-refractivity contribution is 0.101. The van der Waals surface area contributed by atoms with Crippen molar-refractivity contribution in [1.82, 2.24) is 4.90 Å². The SMILES string of the molecule is Br.CC(=O)c1ccc(N2CCC(N(C)Cc3ccccc3)CC2)c(Br)c1. The number of benzene rings is 2. The molecular formula is C21H26Br2N2O. The lowest BCUT2D eigenvalue weighted by atomic mass is 10.0. The van der Waals surface area contributed by atoms with Crippen molar-refractivity contribution in [2.75, 3.05) is 25.0 Å². The molecule has 3 rings (SSSR count). The lowest BCUT2D eigenvalue weighted by Crippen LogP contribution is -2.43. The van der Waals surface area contributed by atoms with E-state index >= 15 is 0 Å². The summed E-state index contributed by atoms with van der Waals surface area (Å²) >= 11 is 3.63. The highest BCUT2D eigenvalue weighted by Crippen LogP contribution is 2.30. The highest BCUT2D eigenvalue weighted by molar-refractivity contribution is 9.10. The van der Waals surface area contributed by atoms with Crippen LogP contribution in [0.3, 0.4) is 0 Å². The van der Waals surface area contributed by atoms with Gasteiger partial charge in [-0.2, -0.15) is 0 Å². The zero-order valence-corrected chi connectivity index (χ0v) is 18.6. The van der Waals surface area contributed by atoms with E-state index in [1.54, 1.807) is 6.92 Å². The molecule has 2 aromatic rings. The number of Topliss-reactive ketones (excluding diaryl/α,β-unsaturated/α-hetero) is 1. The molecule has 0 saturated carbocycles. The number of rotatable bonds is 5. The second-order valence-electron chi connectivity index (χ2n) is 6.84. The van der Waals surface area contributed by atoms with E-state index in [2.05, 4.69) is 69.2 Å². The van der Waals surface area contributed by atoms with E-state index in [0.717, 1.165) is 42.5 Å². The van der Waals surface area contributed by atoms with E-state index in [9.17, 15) is 4.79 Å². The third-order valence-corrected chi connectivity index (χ3v) is 5.69. The minimum Gasteiger partial charge on any atom is -0.371 e. The molecule has 1 fully saturated rings. The van der Waals surface area contributed by atoms with Crippen LogP contribution in [0.15, 0.2) is 53.0 Å². The predicted molar refractivity (Wildman–Crippen MR) is 118 cm³/mol. The molecule has 1 saturated heterocycles. The summed E-state index contributed by atoms with van der Waals surface area (Å²) in [6, 6.07) is 17.2. The van der Waals surface area contributed by atoms with Crippen LogP contribution in [0.1, 0.15) is 35.7 Å². The van der Waals surface area contributed by atoms with Gasteiger partial charge in [0.1, 0.15) is 0 Å². The van der Waals surface area contributed by atoms with Crippen LogP contribution < -0.4 is 4.90 Å². The van der Waals surface area contributed by atoms with Crippen LogP contribution in [0, 0.1) is 0 Å². The smallest absolute Gasteiger partial charge is 0.159 e. The van der Waals surface area contributed by atoms with Crippen molar-refractivity contribution >= 4 is 44.4 Å². The van der Waals surface area contributed by atoms with Gasteiger partial charge < -0.3 is 4.90 Å². The number of nitrogens with zero attached hydrogens (tertiary/aromatic N) is 2. The largest absolute Gasteiger partial charge is 0.371 e. The van der Waals surface area contributed by atoms with Crippen molar-refractivity contribution in [3.05, 3.63) is 64.1 Å². The maximum atomic E-state index is 11.5. The Morgan fingerprint density at radius 3 is 2.38 bits per heavy atom. The molecule has 0 unspecified atom stereocenters. The lowest BCUT2D eigenvalue weighted by Gasteiger charge is -2.38. The fourth-order valence-electron chi connectivity index (χ4n) is 3.53. The number of hydrogen-bond acceptors (Lipinski definition) is 3. The van der Waals surface area contributed by atoms with Crippen molar-refractivity contribution in [3.63, 3.8) is 0 Å². The summed E-state index contributed by atoms with van der Waals surface area (Å²) in [5, 5.41) is 0. The molecule has 140 valence electrons. The molecule has 0 aromatic heterocycles. The van der Waals surface area contributed by atoms with Gasteiger partial charge in [0, 0.05) is 35.7 Å².